The lowest BCUT2D eigenvalue weighted by molar-refractivity contribution is 0.0635. The molecule has 0 aliphatic carbocycles. The maximum atomic E-state index is 15.4. The zero-order chi connectivity index (χ0) is 55.6. The number of carbonyl (C=O) groups excluding carboxylic acids is 6. The highest BCUT2D eigenvalue weighted by atomic mass is 16.6. The van der Waals surface area contributed by atoms with Gasteiger partial charge in [-0.05, 0) is 187 Å². The average molecular weight is 1060 g/mol. The summed E-state index contributed by atoms with van der Waals surface area (Å²) in [5.74, 6) is -7.86. The lowest BCUT2D eigenvalue weighted by Gasteiger charge is -2.22. The maximum Gasteiger partial charge on any atom is 0.345 e. The molecule has 0 fully saturated rings. The van der Waals surface area contributed by atoms with E-state index in [4.69, 9.17) is 56.8 Å². The third kappa shape index (κ3) is 14.3. The molecule has 0 radical (unpaired) electrons. The predicted molar refractivity (Wildman–Crippen MR) is 282 cm³/mol. The summed E-state index contributed by atoms with van der Waals surface area (Å²) in [6.07, 6.45) is 0. The van der Waals surface area contributed by atoms with Crippen LogP contribution >= 0.6 is 0 Å². The summed E-state index contributed by atoms with van der Waals surface area (Å²) < 4.78 is 68.9. The quantitative estimate of drug-likeness (QED) is 0.0406. The van der Waals surface area contributed by atoms with Gasteiger partial charge in [0.25, 0.3) is 0 Å². The van der Waals surface area contributed by atoms with Crippen LogP contribution in [0.5, 0.6) is 69.0 Å². The highest BCUT2D eigenvalue weighted by Gasteiger charge is 2.44. The first-order valence-electron chi connectivity index (χ1n) is 24.8. The molecule has 18 nitrogen and oxygen atoms in total. The van der Waals surface area contributed by atoms with Gasteiger partial charge >= 0.3 is 35.8 Å². The Morgan fingerprint density at radius 1 is 0.205 bits per heavy atom. The first-order valence-corrected chi connectivity index (χ1v) is 24.8. The Labute approximate surface area is 449 Å². The third-order valence-corrected chi connectivity index (χ3v) is 10.8. The molecule has 0 N–H and O–H groups in total. The highest BCUT2D eigenvalue weighted by Crippen LogP contribution is 2.37. The number of hydrogen-bond donors (Lipinski definition) is 0. The van der Waals surface area contributed by atoms with Crippen molar-refractivity contribution in [2.45, 2.75) is 41.5 Å². The number of ether oxygens (including phenoxy) is 12. The molecular formula is C60H54O18. The molecule has 0 heterocycles. The van der Waals surface area contributed by atoms with Crippen molar-refractivity contribution in [1.29, 1.82) is 0 Å². The van der Waals surface area contributed by atoms with Crippen LogP contribution < -0.4 is 56.8 Å². The summed E-state index contributed by atoms with van der Waals surface area (Å²) in [7, 11) is 0. The van der Waals surface area contributed by atoms with Crippen LogP contribution in [-0.4, -0.2) is 75.5 Å². The zero-order valence-electron chi connectivity index (χ0n) is 43.4. The van der Waals surface area contributed by atoms with E-state index in [0.29, 0.717) is 74.1 Å². The van der Waals surface area contributed by atoms with Crippen LogP contribution in [0.15, 0.2) is 146 Å². The molecular weight excluding hydrogens is 1010 g/mol. The zero-order valence-corrected chi connectivity index (χ0v) is 43.4. The second-order valence-electron chi connectivity index (χ2n) is 16.0. The molecule has 0 amide bonds. The minimum Gasteiger partial charge on any atom is -0.494 e. The summed E-state index contributed by atoms with van der Waals surface area (Å²) in [6, 6.07) is 34.0. The minimum absolute atomic E-state index is 0.170. The van der Waals surface area contributed by atoms with E-state index in [1.807, 2.05) is 0 Å². The first-order chi connectivity index (χ1) is 37.9. The van der Waals surface area contributed by atoms with Crippen LogP contribution in [0.3, 0.4) is 0 Å². The fourth-order valence-electron chi connectivity index (χ4n) is 7.55. The van der Waals surface area contributed by atoms with Crippen molar-refractivity contribution < 1.29 is 85.6 Å². The van der Waals surface area contributed by atoms with Crippen molar-refractivity contribution in [1.82, 2.24) is 0 Å². The SMILES string of the molecule is CCOc1ccc(OC(=O)c2c(C(=O)Oc3ccc(OCC)cc3)c(C(=O)Oc3ccc(OCC)cc3)c(C(=O)Oc3ccc(OCC)cc3)c(C(=O)Oc3ccc(OCC)cc3)c2C(=O)Oc2ccc(OCC)cc2)cc1. The van der Waals surface area contributed by atoms with Crippen LogP contribution in [0.1, 0.15) is 104 Å². The molecule has 0 atom stereocenters. The second-order valence-corrected chi connectivity index (χ2v) is 16.0. The van der Waals surface area contributed by atoms with Gasteiger partial charge < -0.3 is 56.8 Å². The molecule has 0 aliphatic rings. The van der Waals surface area contributed by atoms with Crippen molar-refractivity contribution in [3.63, 3.8) is 0 Å². The fraction of sp³-hybridized carbons (Fsp3) is 0.200. The molecule has 0 aliphatic heterocycles. The van der Waals surface area contributed by atoms with Crippen molar-refractivity contribution in [3.8, 4) is 69.0 Å². The molecule has 18 heteroatoms. The molecule has 0 spiro atoms. The third-order valence-electron chi connectivity index (χ3n) is 10.8. The van der Waals surface area contributed by atoms with Gasteiger partial charge in [0.2, 0.25) is 0 Å². The minimum atomic E-state index is -1.53. The largest absolute Gasteiger partial charge is 0.494 e. The molecule has 0 saturated carbocycles. The van der Waals surface area contributed by atoms with Crippen LogP contribution in [0.25, 0.3) is 0 Å². The van der Waals surface area contributed by atoms with Crippen molar-refractivity contribution in [2.24, 2.45) is 0 Å². The first kappa shape index (κ1) is 55.9. The van der Waals surface area contributed by atoms with Crippen LogP contribution in [0, 0.1) is 0 Å². The normalized spacial score (nSPS) is 10.5. The van der Waals surface area contributed by atoms with E-state index in [0.717, 1.165) is 0 Å². The van der Waals surface area contributed by atoms with Gasteiger partial charge in [-0.25, -0.2) is 28.8 Å². The monoisotopic (exact) mass is 1060 g/mol. The van der Waals surface area contributed by atoms with Crippen molar-refractivity contribution >= 4 is 35.8 Å². The van der Waals surface area contributed by atoms with Crippen LogP contribution in [-0.2, 0) is 0 Å². The summed E-state index contributed by atoms with van der Waals surface area (Å²) >= 11 is 0. The van der Waals surface area contributed by atoms with E-state index in [9.17, 15) is 0 Å². The van der Waals surface area contributed by atoms with Crippen molar-refractivity contribution in [3.05, 3.63) is 179 Å². The summed E-state index contributed by atoms with van der Waals surface area (Å²) in [4.78, 5) is 92.2. The number of benzene rings is 7. The predicted octanol–water partition coefficient (Wildman–Crippen LogP) is 11.4. The Bertz CT molecular complexity index is 2620. The van der Waals surface area contributed by atoms with E-state index in [1.165, 1.54) is 146 Å². The van der Waals surface area contributed by atoms with E-state index >= 15 is 28.8 Å². The van der Waals surface area contributed by atoms with Gasteiger partial charge in [-0.2, -0.15) is 0 Å². The summed E-state index contributed by atoms with van der Waals surface area (Å²) in [5, 5.41) is 0. The standard InChI is InChI=1S/C60H54O18/c1-7-67-37-13-25-43(26-14-37)73-55(61)49-50(56(62)74-44-27-15-38(16-28-44)68-8-2)52(58(64)76-46-31-19-40(20-32-46)70-10-4)54(60(66)78-48-35-23-42(24-36-48)72-12-6)53(59(65)77-47-33-21-41(22-34-47)71-11-5)51(49)57(63)75-45-29-17-39(18-30-45)69-9-3/h13-36H,7-12H2,1-6H3. The highest BCUT2D eigenvalue weighted by molar-refractivity contribution is 6.25. The number of hydrogen-bond acceptors (Lipinski definition) is 18. The average Bonchev–Trinajstić information content (AvgIpc) is 3.45. The molecule has 402 valence electrons. The van der Waals surface area contributed by atoms with Crippen LogP contribution in [0.4, 0.5) is 0 Å². The Kier molecular flexibility index (Phi) is 19.4. The topological polar surface area (TPSA) is 213 Å². The smallest absolute Gasteiger partial charge is 0.345 e. The Morgan fingerprint density at radius 3 is 0.410 bits per heavy atom. The lowest BCUT2D eigenvalue weighted by atomic mass is 9.85. The fourth-order valence-corrected chi connectivity index (χ4v) is 7.55. The molecule has 7 rings (SSSR count). The van der Waals surface area contributed by atoms with E-state index in [-0.39, 0.29) is 34.5 Å². The van der Waals surface area contributed by atoms with Gasteiger partial charge in [0.05, 0.1) is 73.0 Å². The molecule has 78 heavy (non-hydrogen) atoms. The molecule has 0 aromatic heterocycles. The maximum absolute atomic E-state index is 15.4. The Hall–Kier alpha value is -9.84. The van der Waals surface area contributed by atoms with Gasteiger partial charge in [0.1, 0.15) is 69.0 Å². The van der Waals surface area contributed by atoms with Gasteiger partial charge in [-0.1, -0.05) is 0 Å². The molecule has 7 aromatic rings. The molecule has 0 saturated heterocycles. The Balaban J connectivity index is 1.59. The van der Waals surface area contributed by atoms with E-state index < -0.39 is 69.2 Å². The van der Waals surface area contributed by atoms with Gasteiger partial charge in [0, 0.05) is 0 Å². The van der Waals surface area contributed by atoms with Gasteiger partial charge in [-0.15, -0.1) is 0 Å². The lowest BCUT2D eigenvalue weighted by Crippen LogP contribution is -2.34. The van der Waals surface area contributed by atoms with E-state index in [2.05, 4.69) is 0 Å². The summed E-state index contributed by atoms with van der Waals surface area (Å²) in [6.45, 7) is 12.4. The van der Waals surface area contributed by atoms with E-state index in [1.54, 1.807) is 41.5 Å². The number of carbonyl (C=O) groups is 6. The Morgan fingerprint density at radius 2 is 0.308 bits per heavy atom. The number of rotatable bonds is 24. The molecule has 0 bridgehead atoms. The number of esters is 6. The van der Waals surface area contributed by atoms with Crippen molar-refractivity contribution in [2.75, 3.05) is 39.6 Å². The summed E-state index contributed by atoms with van der Waals surface area (Å²) in [5.41, 5.74) is -6.64. The van der Waals surface area contributed by atoms with Gasteiger partial charge in [-0.3, -0.25) is 0 Å². The van der Waals surface area contributed by atoms with Gasteiger partial charge in [0.15, 0.2) is 0 Å². The molecule has 7 aromatic carbocycles. The van der Waals surface area contributed by atoms with Crippen LogP contribution in [0.2, 0.25) is 0 Å². The molecule has 0 unspecified atom stereocenters. The second kappa shape index (κ2) is 27.1.